The predicted molar refractivity (Wildman–Crippen MR) is 126 cm³/mol. The molecule has 7 N–H and O–H groups in total. The number of hydrogen-bond donors (Lipinski definition) is 8. The molecular weight excluding hydrogens is 464 g/mol. The molecule has 31 heavy (non-hydrogen) atoms. The molecular formula is C18H32N4O6S3. The smallest absolute Gasteiger partial charge is 0.326 e. The molecule has 0 aromatic carbocycles. The lowest BCUT2D eigenvalue weighted by Gasteiger charge is -2.16. The minimum atomic E-state index is -1.02. The van der Waals surface area contributed by atoms with Gasteiger partial charge < -0.3 is 31.9 Å². The third-order valence-corrected chi connectivity index (χ3v) is 6.91. The summed E-state index contributed by atoms with van der Waals surface area (Å²) in [4.78, 5) is 44.0. The second kappa shape index (κ2) is 14.7. The lowest BCUT2D eigenvalue weighted by Crippen LogP contribution is -2.41. The van der Waals surface area contributed by atoms with Gasteiger partial charge in [-0.15, -0.1) is 0 Å². The number of rotatable bonds is 12. The first kappa shape index (κ1) is 27.7. The average Bonchev–Trinajstić information content (AvgIpc) is 3.25. The lowest BCUT2D eigenvalue weighted by molar-refractivity contribution is -0.142. The molecule has 3 unspecified atom stereocenters. The van der Waals surface area contributed by atoms with Gasteiger partial charge in [0.15, 0.2) is 0 Å². The maximum atomic E-state index is 11.8. The summed E-state index contributed by atoms with van der Waals surface area (Å²) >= 11 is 9.66. The van der Waals surface area contributed by atoms with Crippen LogP contribution in [0.25, 0.3) is 0 Å². The first-order chi connectivity index (χ1) is 14.7. The van der Waals surface area contributed by atoms with E-state index in [1.807, 2.05) is 11.8 Å². The van der Waals surface area contributed by atoms with Crippen molar-refractivity contribution in [3.8, 4) is 0 Å². The third kappa shape index (κ3) is 10.2. The van der Waals surface area contributed by atoms with Gasteiger partial charge in [0.2, 0.25) is 5.91 Å². The minimum absolute atomic E-state index is 0.0893. The van der Waals surface area contributed by atoms with Gasteiger partial charge >= 0.3 is 18.0 Å². The quantitative estimate of drug-likeness (QED) is 0.108. The summed E-state index contributed by atoms with van der Waals surface area (Å²) in [5, 5.41) is 25.9. The van der Waals surface area contributed by atoms with Crippen molar-refractivity contribution < 1.29 is 29.4 Å². The van der Waals surface area contributed by atoms with Gasteiger partial charge in [0, 0.05) is 17.4 Å². The highest BCUT2D eigenvalue weighted by molar-refractivity contribution is 8.00. The van der Waals surface area contributed by atoms with Gasteiger partial charge in [0.25, 0.3) is 0 Å². The van der Waals surface area contributed by atoms with Gasteiger partial charge in [-0.05, 0) is 37.2 Å². The highest BCUT2D eigenvalue weighted by Crippen LogP contribution is 2.33. The van der Waals surface area contributed by atoms with Crippen molar-refractivity contribution in [3.63, 3.8) is 0 Å². The van der Waals surface area contributed by atoms with E-state index in [0.29, 0.717) is 36.0 Å². The van der Waals surface area contributed by atoms with Gasteiger partial charge in [-0.2, -0.15) is 37.0 Å². The van der Waals surface area contributed by atoms with Crippen molar-refractivity contribution in [2.75, 3.05) is 17.3 Å². The van der Waals surface area contributed by atoms with Gasteiger partial charge in [-0.1, -0.05) is 6.42 Å². The number of carboxylic acid groups (broad SMARTS) is 2. The largest absolute Gasteiger partial charge is 0.480 e. The van der Waals surface area contributed by atoms with Crippen LogP contribution in [0.1, 0.15) is 38.5 Å². The Morgan fingerprint density at radius 1 is 1.13 bits per heavy atom. The molecule has 0 aliphatic carbocycles. The molecule has 13 heteroatoms. The number of carboxylic acids is 2. The molecule has 0 bridgehead atoms. The van der Waals surface area contributed by atoms with E-state index in [2.05, 4.69) is 41.2 Å². The molecule has 0 aromatic heterocycles. The fourth-order valence-corrected chi connectivity index (χ4v) is 5.27. The lowest BCUT2D eigenvalue weighted by atomic mass is 10.0. The Morgan fingerprint density at radius 2 is 1.81 bits per heavy atom. The van der Waals surface area contributed by atoms with E-state index in [1.165, 1.54) is 0 Å². The Labute approximate surface area is 197 Å². The number of urea groups is 1. The first-order valence-corrected chi connectivity index (χ1v) is 12.4. The normalized spacial score (nSPS) is 23.5. The van der Waals surface area contributed by atoms with E-state index >= 15 is 0 Å². The highest BCUT2D eigenvalue weighted by Gasteiger charge is 2.42. The van der Waals surface area contributed by atoms with Gasteiger partial charge in [-0.25, -0.2) is 9.59 Å². The molecule has 2 saturated heterocycles. The van der Waals surface area contributed by atoms with Crippen LogP contribution in [0, 0.1) is 0 Å². The number of carbonyl (C=O) groups is 4. The molecule has 0 spiro atoms. The highest BCUT2D eigenvalue weighted by atomic mass is 32.2. The summed E-state index contributed by atoms with van der Waals surface area (Å²) < 4.78 is 0. The Morgan fingerprint density at radius 3 is 2.35 bits per heavy atom. The maximum Gasteiger partial charge on any atom is 0.326 e. The third-order valence-electron chi connectivity index (χ3n) is 4.89. The molecule has 5 atom stereocenters. The van der Waals surface area contributed by atoms with Crippen molar-refractivity contribution in [2.45, 2.75) is 67.9 Å². The summed E-state index contributed by atoms with van der Waals surface area (Å²) in [6.45, 7) is 0. The van der Waals surface area contributed by atoms with E-state index in [0.717, 1.165) is 25.0 Å². The molecule has 2 rings (SSSR count). The van der Waals surface area contributed by atoms with Crippen LogP contribution < -0.4 is 21.7 Å². The van der Waals surface area contributed by atoms with E-state index in [1.54, 1.807) is 0 Å². The monoisotopic (exact) mass is 496 g/mol. The van der Waals surface area contributed by atoms with Crippen molar-refractivity contribution in [1.82, 2.24) is 16.0 Å². The van der Waals surface area contributed by atoms with Gasteiger partial charge in [0.05, 0.1) is 12.1 Å². The molecule has 178 valence electrons. The predicted octanol–water partition coefficient (Wildman–Crippen LogP) is 0.320. The maximum absolute atomic E-state index is 11.8. The molecule has 2 heterocycles. The molecule has 0 aromatic rings. The summed E-state index contributed by atoms with van der Waals surface area (Å²) in [5.41, 5.74) is 5.08. The molecule has 2 aliphatic heterocycles. The average molecular weight is 497 g/mol. The Kier molecular flexibility index (Phi) is 13.1. The van der Waals surface area contributed by atoms with Gasteiger partial charge in [0.1, 0.15) is 12.1 Å². The Bertz CT molecular complexity index is 627. The molecule has 2 fully saturated rings. The van der Waals surface area contributed by atoms with Crippen molar-refractivity contribution in [3.05, 3.63) is 0 Å². The summed E-state index contributed by atoms with van der Waals surface area (Å²) in [5.74, 6) is -0.346. The number of unbranched alkanes of at least 4 members (excludes halogenated alkanes) is 1. The van der Waals surface area contributed by atoms with Crippen LogP contribution in [-0.4, -0.2) is 80.8 Å². The molecule has 0 radical (unpaired) electrons. The van der Waals surface area contributed by atoms with Crippen LogP contribution >= 0.6 is 37.0 Å². The second-order valence-corrected chi connectivity index (χ2v) is 9.46. The van der Waals surface area contributed by atoms with Crippen LogP contribution in [0.4, 0.5) is 4.79 Å². The topological polar surface area (TPSA) is 171 Å². The van der Waals surface area contributed by atoms with Crippen LogP contribution in [0.5, 0.6) is 0 Å². The fraction of sp³-hybridized carbons (Fsp3) is 0.778. The standard InChI is InChI=1S/C14H23N3O4S2.C4H9NO2S/c18-11(15-8(5-6-22)13(19)20)4-2-1-3-10-12-9(7-23-10)16-14(21)17-12;5-3(1-2-8)4(6)7/h8-10,12,22H,1-7H2,(H,15,18)(H,19,20)(H2,16,17,21);3,8H,1-2,5H2,(H,6,7)/t8?,9-,10?,12-;/m0./s1. The van der Waals surface area contributed by atoms with Crippen LogP contribution in [-0.2, 0) is 14.4 Å². The van der Waals surface area contributed by atoms with E-state index < -0.39 is 24.0 Å². The van der Waals surface area contributed by atoms with Crippen molar-refractivity contribution in [2.24, 2.45) is 5.73 Å². The number of aliphatic carboxylic acids is 2. The number of thiol groups is 2. The zero-order chi connectivity index (χ0) is 23.4. The zero-order valence-corrected chi connectivity index (χ0v) is 19.8. The number of thioether (sulfide) groups is 1. The number of nitrogens with one attached hydrogen (secondary N) is 3. The number of fused-ring (bicyclic) bond motifs is 1. The number of carbonyl (C=O) groups excluding carboxylic acids is 2. The molecule has 0 saturated carbocycles. The zero-order valence-electron chi connectivity index (χ0n) is 17.2. The summed E-state index contributed by atoms with van der Waals surface area (Å²) in [6.07, 6.45) is 3.62. The summed E-state index contributed by atoms with van der Waals surface area (Å²) in [6, 6.07) is -1.28. The van der Waals surface area contributed by atoms with Crippen LogP contribution in [0.3, 0.4) is 0 Å². The van der Waals surface area contributed by atoms with Gasteiger partial charge in [-0.3, -0.25) is 9.59 Å². The Hall–Kier alpha value is -1.31. The number of nitrogens with two attached hydrogens (primary N) is 1. The van der Waals surface area contributed by atoms with Crippen molar-refractivity contribution >= 4 is 60.9 Å². The van der Waals surface area contributed by atoms with E-state index in [4.69, 9.17) is 15.9 Å². The van der Waals surface area contributed by atoms with Crippen LogP contribution in [0.15, 0.2) is 0 Å². The minimum Gasteiger partial charge on any atom is -0.480 e. The number of hydrogen-bond acceptors (Lipinski definition) is 8. The van der Waals surface area contributed by atoms with E-state index in [-0.39, 0.29) is 24.0 Å². The SMILES string of the molecule is NC(CCS)C(=O)O.O=C(CCCCC1SC[C@@H]2NC(=O)N[C@H]12)NC(CCS)C(=O)O. The number of amides is 3. The first-order valence-electron chi connectivity index (χ1n) is 10.1. The molecule has 2 aliphatic rings. The Balaban J connectivity index is 0.000000512. The van der Waals surface area contributed by atoms with E-state index in [9.17, 15) is 19.2 Å². The van der Waals surface area contributed by atoms with Crippen molar-refractivity contribution in [1.29, 1.82) is 0 Å². The molecule has 3 amide bonds. The second-order valence-electron chi connectivity index (χ2n) is 7.30. The van der Waals surface area contributed by atoms with Crippen LogP contribution in [0.2, 0.25) is 0 Å². The summed E-state index contributed by atoms with van der Waals surface area (Å²) in [7, 11) is 0. The fourth-order valence-electron chi connectivity index (χ4n) is 3.19. The molecule has 10 nitrogen and oxygen atoms in total.